The van der Waals surface area contributed by atoms with Gasteiger partial charge in [-0.2, -0.15) is 5.10 Å². The molecule has 3 rings (SSSR count). The number of hydrogen-bond acceptors (Lipinski definition) is 4. The first-order chi connectivity index (χ1) is 12.2. The Balaban J connectivity index is 1.56. The molecule has 0 bridgehead atoms. The molecule has 3 aromatic rings. The fourth-order valence-corrected chi connectivity index (χ4v) is 2.41. The molecule has 0 saturated carbocycles. The van der Waals surface area contributed by atoms with Gasteiger partial charge < -0.3 is 15.7 Å². The van der Waals surface area contributed by atoms with Gasteiger partial charge in [-0.1, -0.05) is 30.3 Å². The number of aromatic nitrogens is 3. The number of aliphatic hydroxyl groups is 1. The third-order valence-electron chi connectivity index (χ3n) is 3.63. The van der Waals surface area contributed by atoms with Crippen molar-refractivity contribution in [2.75, 3.05) is 11.9 Å². The van der Waals surface area contributed by atoms with Crippen LogP contribution in [0.3, 0.4) is 0 Å². The van der Waals surface area contributed by atoms with Gasteiger partial charge in [-0.05, 0) is 30.2 Å². The summed E-state index contributed by atoms with van der Waals surface area (Å²) < 4.78 is 1.63. The molecule has 0 saturated heterocycles. The van der Waals surface area contributed by atoms with Crippen LogP contribution in [0.4, 0.5) is 10.5 Å². The lowest BCUT2D eigenvalue weighted by Gasteiger charge is -2.17. The molecule has 0 radical (unpaired) electrons. The van der Waals surface area contributed by atoms with Crippen LogP contribution in [0.1, 0.15) is 5.56 Å². The summed E-state index contributed by atoms with van der Waals surface area (Å²) in [6.45, 7) is -0.140. The SMILES string of the molecule is O=C(Nc1ccc(-n2cccn2)nc1)N[C@H](CO)Cc1ccccc1. The van der Waals surface area contributed by atoms with Crippen molar-refractivity contribution in [2.24, 2.45) is 0 Å². The third-order valence-corrected chi connectivity index (χ3v) is 3.63. The summed E-state index contributed by atoms with van der Waals surface area (Å²) in [5, 5.41) is 19.0. The number of rotatable bonds is 6. The zero-order chi connectivity index (χ0) is 17.5. The molecule has 0 fully saturated rings. The Bertz CT molecular complexity index is 788. The summed E-state index contributed by atoms with van der Waals surface area (Å²) >= 11 is 0. The zero-order valence-electron chi connectivity index (χ0n) is 13.5. The first-order valence-corrected chi connectivity index (χ1v) is 7.93. The molecular formula is C18H19N5O2. The second-order valence-corrected chi connectivity index (χ2v) is 5.52. The minimum atomic E-state index is -0.386. The predicted molar refractivity (Wildman–Crippen MR) is 94.5 cm³/mol. The zero-order valence-corrected chi connectivity index (χ0v) is 13.5. The molecule has 2 amide bonds. The highest BCUT2D eigenvalue weighted by atomic mass is 16.3. The molecule has 2 heterocycles. The van der Waals surface area contributed by atoms with Crippen LogP contribution in [0.15, 0.2) is 67.1 Å². The Morgan fingerprint density at radius 2 is 2.00 bits per heavy atom. The summed E-state index contributed by atoms with van der Waals surface area (Å²) in [5.41, 5.74) is 1.61. The number of carbonyl (C=O) groups is 1. The number of anilines is 1. The fraction of sp³-hybridized carbons (Fsp3) is 0.167. The van der Waals surface area contributed by atoms with Crippen LogP contribution >= 0.6 is 0 Å². The van der Waals surface area contributed by atoms with E-state index in [1.165, 1.54) is 0 Å². The number of benzene rings is 1. The van der Waals surface area contributed by atoms with E-state index in [4.69, 9.17) is 0 Å². The molecule has 25 heavy (non-hydrogen) atoms. The molecular weight excluding hydrogens is 318 g/mol. The molecule has 7 heteroatoms. The highest BCUT2D eigenvalue weighted by Gasteiger charge is 2.12. The van der Waals surface area contributed by atoms with E-state index >= 15 is 0 Å². The van der Waals surface area contributed by atoms with E-state index in [2.05, 4.69) is 20.7 Å². The van der Waals surface area contributed by atoms with Crippen LogP contribution in [0.5, 0.6) is 0 Å². The van der Waals surface area contributed by atoms with Gasteiger partial charge in [0.1, 0.15) is 0 Å². The van der Waals surface area contributed by atoms with Crippen LogP contribution < -0.4 is 10.6 Å². The van der Waals surface area contributed by atoms with Gasteiger partial charge in [-0.3, -0.25) is 0 Å². The molecule has 0 unspecified atom stereocenters. The molecule has 1 aromatic carbocycles. The Labute approximate surface area is 145 Å². The normalized spacial score (nSPS) is 11.7. The number of hydrogen-bond donors (Lipinski definition) is 3. The first-order valence-electron chi connectivity index (χ1n) is 7.93. The molecule has 0 aliphatic heterocycles. The van der Waals surface area contributed by atoms with Gasteiger partial charge in [0, 0.05) is 12.4 Å². The van der Waals surface area contributed by atoms with E-state index in [0.29, 0.717) is 17.9 Å². The van der Waals surface area contributed by atoms with Crippen molar-refractivity contribution in [3.05, 3.63) is 72.7 Å². The first kappa shape index (κ1) is 16.7. The lowest BCUT2D eigenvalue weighted by Crippen LogP contribution is -2.41. The molecule has 0 aliphatic carbocycles. The van der Waals surface area contributed by atoms with Crippen molar-refractivity contribution in [3.8, 4) is 5.82 Å². The van der Waals surface area contributed by atoms with E-state index in [1.807, 2.05) is 36.4 Å². The van der Waals surface area contributed by atoms with Gasteiger partial charge in [0.2, 0.25) is 0 Å². The molecule has 3 N–H and O–H groups in total. The smallest absolute Gasteiger partial charge is 0.319 e. The Kier molecular flexibility index (Phi) is 5.38. The summed E-state index contributed by atoms with van der Waals surface area (Å²) in [6, 6.07) is 14.3. The molecule has 128 valence electrons. The highest BCUT2D eigenvalue weighted by molar-refractivity contribution is 5.89. The highest BCUT2D eigenvalue weighted by Crippen LogP contribution is 2.09. The van der Waals surface area contributed by atoms with E-state index < -0.39 is 0 Å². The number of nitrogens with one attached hydrogen (secondary N) is 2. The monoisotopic (exact) mass is 337 g/mol. The van der Waals surface area contributed by atoms with E-state index in [0.717, 1.165) is 5.56 Å². The summed E-state index contributed by atoms with van der Waals surface area (Å²) in [4.78, 5) is 16.4. The molecule has 2 aromatic heterocycles. The predicted octanol–water partition coefficient (Wildman–Crippen LogP) is 1.99. The summed E-state index contributed by atoms with van der Waals surface area (Å²) in [7, 11) is 0. The minimum absolute atomic E-state index is 0.140. The van der Waals surface area contributed by atoms with E-state index in [9.17, 15) is 9.90 Å². The quantitative estimate of drug-likeness (QED) is 0.641. The number of pyridine rings is 1. The van der Waals surface area contributed by atoms with E-state index in [1.54, 1.807) is 35.4 Å². The average Bonchev–Trinajstić information content (AvgIpc) is 3.17. The largest absolute Gasteiger partial charge is 0.394 e. The van der Waals surface area contributed by atoms with Gasteiger partial charge in [0.05, 0.1) is 24.5 Å². The lowest BCUT2D eigenvalue weighted by molar-refractivity contribution is 0.224. The van der Waals surface area contributed by atoms with Gasteiger partial charge in [0.15, 0.2) is 5.82 Å². The maximum Gasteiger partial charge on any atom is 0.319 e. The third kappa shape index (κ3) is 4.65. The number of nitrogens with zero attached hydrogens (tertiary/aromatic N) is 3. The second kappa shape index (κ2) is 8.07. The van der Waals surface area contributed by atoms with E-state index in [-0.39, 0.29) is 18.7 Å². The van der Waals surface area contributed by atoms with Crippen LogP contribution in [0.25, 0.3) is 5.82 Å². The Hall–Kier alpha value is -3.19. The van der Waals surface area contributed by atoms with Gasteiger partial charge in [-0.25, -0.2) is 14.5 Å². The molecule has 1 atom stereocenters. The number of amides is 2. The van der Waals surface area contributed by atoms with Crippen LogP contribution in [0, 0.1) is 0 Å². The maximum atomic E-state index is 12.1. The topological polar surface area (TPSA) is 92.1 Å². The number of carbonyl (C=O) groups excluding carboxylic acids is 1. The second-order valence-electron chi connectivity index (χ2n) is 5.52. The standard InChI is InChI=1S/C18H19N5O2/c24-13-16(11-14-5-2-1-3-6-14)22-18(25)21-15-7-8-17(19-12-15)23-10-4-9-20-23/h1-10,12,16,24H,11,13H2,(H2,21,22,25)/t16-/m0/s1. The van der Waals surface area contributed by atoms with Gasteiger partial charge in [-0.15, -0.1) is 0 Å². The number of aliphatic hydroxyl groups excluding tert-OH is 1. The van der Waals surface area contributed by atoms with Gasteiger partial charge >= 0.3 is 6.03 Å². The van der Waals surface area contributed by atoms with Crippen LogP contribution in [0.2, 0.25) is 0 Å². The average molecular weight is 337 g/mol. The summed E-state index contributed by atoms with van der Waals surface area (Å²) in [6.07, 6.45) is 5.57. The van der Waals surface area contributed by atoms with Crippen molar-refractivity contribution in [3.63, 3.8) is 0 Å². The lowest BCUT2D eigenvalue weighted by atomic mass is 10.1. The molecule has 0 spiro atoms. The van der Waals surface area contributed by atoms with Crippen molar-refractivity contribution in [1.29, 1.82) is 0 Å². The van der Waals surface area contributed by atoms with Crippen molar-refractivity contribution >= 4 is 11.7 Å². The van der Waals surface area contributed by atoms with Crippen LogP contribution in [-0.2, 0) is 6.42 Å². The van der Waals surface area contributed by atoms with Gasteiger partial charge in [0.25, 0.3) is 0 Å². The number of urea groups is 1. The maximum absolute atomic E-state index is 12.1. The summed E-state index contributed by atoms with van der Waals surface area (Å²) in [5.74, 6) is 0.660. The Morgan fingerprint density at radius 3 is 2.64 bits per heavy atom. The van der Waals surface area contributed by atoms with Crippen molar-refractivity contribution in [1.82, 2.24) is 20.1 Å². The fourth-order valence-electron chi connectivity index (χ4n) is 2.41. The Morgan fingerprint density at radius 1 is 1.16 bits per heavy atom. The van der Waals surface area contributed by atoms with Crippen LogP contribution in [-0.4, -0.2) is 38.6 Å². The van der Waals surface area contributed by atoms with Crippen molar-refractivity contribution < 1.29 is 9.90 Å². The molecule has 0 aliphatic rings. The molecule has 7 nitrogen and oxygen atoms in total. The van der Waals surface area contributed by atoms with Crippen molar-refractivity contribution in [2.45, 2.75) is 12.5 Å². The minimum Gasteiger partial charge on any atom is -0.394 e.